The van der Waals surface area contributed by atoms with Gasteiger partial charge in [0.05, 0.1) is 0 Å². The van der Waals surface area contributed by atoms with Crippen molar-refractivity contribution in [1.29, 1.82) is 0 Å². The summed E-state index contributed by atoms with van der Waals surface area (Å²) in [5, 5.41) is 4.06. The highest BCUT2D eigenvalue weighted by molar-refractivity contribution is 5.95. The zero-order valence-corrected chi connectivity index (χ0v) is 22.1. The third kappa shape index (κ3) is 6.05. The van der Waals surface area contributed by atoms with Crippen LogP contribution < -0.4 is 4.90 Å². The lowest BCUT2D eigenvalue weighted by atomic mass is 9.85. The number of hydrogen-bond donors (Lipinski definition) is 0. The average Bonchev–Trinajstić information content (AvgIpc) is 3.53. The van der Waals surface area contributed by atoms with Gasteiger partial charge in [-0.1, -0.05) is 17.6 Å². The summed E-state index contributed by atoms with van der Waals surface area (Å²) in [6.45, 7) is 0.450. The number of nitrogens with zero attached hydrogens (tertiary/aromatic N) is 4. The Labute approximate surface area is 229 Å². The summed E-state index contributed by atoms with van der Waals surface area (Å²) in [5.41, 5.74) is 2.16. The molecule has 4 aromatic rings. The molecule has 2 aliphatic carbocycles. The molecule has 10 heteroatoms. The summed E-state index contributed by atoms with van der Waals surface area (Å²) < 4.78 is 52.5. The molecule has 1 amide bonds. The number of aromatic nitrogens is 3. The monoisotopic (exact) mass is 552 g/mol. The van der Waals surface area contributed by atoms with E-state index in [4.69, 9.17) is 8.94 Å². The molecule has 0 spiro atoms. The number of oxazole rings is 1. The van der Waals surface area contributed by atoms with Crippen LogP contribution in [-0.4, -0.2) is 33.5 Å². The van der Waals surface area contributed by atoms with Gasteiger partial charge in [0, 0.05) is 55.0 Å². The number of halogens is 3. The Hall–Kier alpha value is -3.69. The van der Waals surface area contributed by atoms with Gasteiger partial charge in [-0.25, -0.2) is 18.2 Å². The summed E-state index contributed by atoms with van der Waals surface area (Å²) >= 11 is 0. The number of amides is 1. The molecule has 0 saturated heterocycles. The number of unbranched alkanes of at least 4 members (excludes halogenated alkanes) is 2. The Morgan fingerprint density at radius 1 is 1.00 bits per heavy atom. The summed E-state index contributed by atoms with van der Waals surface area (Å²) in [6, 6.07) is 11.4. The van der Waals surface area contributed by atoms with Gasteiger partial charge in [-0.15, -0.1) is 0 Å². The Kier molecular flexibility index (Phi) is 7.33. The molecule has 7 nitrogen and oxygen atoms in total. The van der Waals surface area contributed by atoms with Crippen molar-refractivity contribution in [3.05, 3.63) is 60.0 Å². The molecule has 0 unspecified atom stereocenters. The van der Waals surface area contributed by atoms with Crippen molar-refractivity contribution in [2.45, 2.75) is 76.0 Å². The van der Waals surface area contributed by atoms with E-state index in [9.17, 15) is 18.0 Å². The van der Waals surface area contributed by atoms with E-state index >= 15 is 0 Å². The average molecular weight is 553 g/mol. The van der Waals surface area contributed by atoms with Gasteiger partial charge in [0.15, 0.2) is 11.4 Å². The van der Waals surface area contributed by atoms with Crippen molar-refractivity contribution in [3.8, 4) is 11.5 Å². The van der Waals surface area contributed by atoms with Crippen LogP contribution in [0.25, 0.3) is 22.6 Å². The van der Waals surface area contributed by atoms with E-state index in [0.29, 0.717) is 53.0 Å². The number of anilines is 1. The minimum atomic E-state index is -2.71. The van der Waals surface area contributed by atoms with Crippen LogP contribution >= 0.6 is 0 Å². The first kappa shape index (κ1) is 26.5. The molecule has 0 atom stereocenters. The minimum absolute atomic E-state index is 0.140. The van der Waals surface area contributed by atoms with Crippen molar-refractivity contribution >= 4 is 22.7 Å². The molecule has 0 bridgehead atoms. The quantitative estimate of drug-likeness (QED) is 0.190. The fourth-order valence-corrected chi connectivity index (χ4v) is 5.30. The van der Waals surface area contributed by atoms with E-state index in [1.54, 1.807) is 4.90 Å². The maximum atomic E-state index is 13.8. The largest absolute Gasteiger partial charge is 0.436 e. The summed E-state index contributed by atoms with van der Waals surface area (Å²) in [5.74, 6) is -1.49. The zero-order chi connectivity index (χ0) is 27.7. The predicted octanol–water partition coefficient (Wildman–Crippen LogP) is 7.47. The lowest BCUT2D eigenvalue weighted by Crippen LogP contribution is -2.40. The van der Waals surface area contributed by atoms with Crippen molar-refractivity contribution in [1.82, 2.24) is 15.1 Å². The van der Waals surface area contributed by atoms with Crippen LogP contribution in [-0.2, 0) is 11.2 Å². The lowest BCUT2D eigenvalue weighted by Gasteiger charge is -2.32. The molecule has 6 rings (SSSR count). The van der Waals surface area contributed by atoms with Crippen molar-refractivity contribution in [3.63, 3.8) is 0 Å². The second-order valence-corrected chi connectivity index (χ2v) is 10.9. The third-order valence-corrected chi connectivity index (χ3v) is 7.79. The smallest absolute Gasteiger partial charge is 0.248 e. The van der Waals surface area contributed by atoms with Gasteiger partial charge < -0.3 is 13.8 Å². The molecule has 210 valence electrons. The van der Waals surface area contributed by atoms with Crippen LogP contribution in [0.1, 0.15) is 75.4 Å². The van der Waals surface area contributed by atoms with Crippen molar-refractivity contribution in [2.75, 3.05) is 11.4 Å². The van der Waals surface area contributed by atoms with Gasteiger partial charge in [0.1, 0.15) is 11.3 Å². The first-order valence-electron chi connectivity index (χ1n) is 14.0. The normalized spacial score (nSPS) is 17.4. The Balaban J connectivity index is 1.16. The molecule has 0 aliphatic heterocycles. The molecule has 2 aliphatic rings. The molecule has 0 N–H and O–H groups in total. The van der Waals surface area contributed by atoms with E-state index in [-0.39, 0.29) is 31.6 Å². The van der Waals surface area contributed by atoms with Gasteiger partial charge in [0.2, 0.25) is 23.6 Å². The second-order valence-electron chi connectivity index (χ2n) is 10.9. The number of fused-ring (bicyclic) bond motifs is 1. The molecule has 2 saturated carbocycles. The van der Waals surface area contributed by atoms with Crippen LogP contribution in [0.5, 0.6) is 0 Å². The summed E-state index contributed by atoms with van der Waals surface area (Å²) in [4.78, 5) is 24.3. The highest BCUT2D eigenvalue weighted by atomic mass is 19.3. The highest BCUT2D eigenvalue weighted by Gasteiger charge is 2.39. The number of rotatable bonds is 10. The fraction of sp³-hybridized carbons (Fsp3) is 0.467. The van der Waals surface area contributed by atoms with E-state index in [2.05, 4.69) is 15.1 Å². The molecular formula is C30H31F3N4O3. The van der Waals surface area contributed by atoms with E-state index < -0.39 is 17.7 Å². The van der Waals surface area contributed by atoms with Crippen LogP contribution in [0, 0.1) is 11.7 Å². The van der Waals surface area contributed by atoms with Gasteiger partial charge in [0.25, 0.3) is 0 Å². The Bertz CT molecular complexity index is 1490. The van der Waals surface area contributed by atoms with E-state index in [1.807, 2.05) is 24.3 Å². The summed E-state index contributed by atoms with van der Waals surface area (Å²) in [6.07, 6.45) is 5.10. The highest BCUT2D eigenvalue weighted by Crippen LogP contribution is 2.39. The first-order valence-corrected chi connectivity index (χ1v) is 14.0. The molecule has 2 aromatic heterocycles. The van der Waals surface area contributed by atoms with Crippen LogP contribution in [0.4, 0.5) is 18.9 Å². The Morgan fingerprint density at radius 3 is 2.62 bits per heavy atom. The van der Waals surface area contributed by atoms with Crippen molar-refractivity contribution in [2.24, 2.45) is 5.92 Å². The molecule has 2 aromatic carbocycles. The Morgan fingerprint density at radius 2 is 1.82 bits per heavy atom. The predicted molar refractivity (Wildman–Crippen MR) is 142 cm³/mol. The number of aryl methyl sites for hydroxylation is 1. The zero-order valence-electron chi connectivity index (χ0n) is 22.1. The number of hydrogen-bond acceptors (Lipinski definition) is 6. The topological polar surface area (TPSA) is 85.3 Å². The van der Waals surface area contributed by atoms with Gasteiger partial charge >= 0.3 is 0 Å². The summed E-state index contributed by atoms with van der Waals surface area (Å²) in [7, 11) is 0. The number of benzene rings is 2. The van der Waals surface area contributed by atoms with Gasteiger partial charge in [-0.3, -0.25) is 4.79 Å². The van der Waals surface area contributed by atoms with Crippen LogP contribution in [0.3, 0.4) is 0 Å². The number of alkyl halides is 2. The number of carbonyl (C=O) groups excluding carboxylic acids is 1. The molecule has 40 heavy (non-hydrogen) atoms. The maximum Gasteiger partial charge on any atom is 0.248 e. The van der Waals surface area contributed by atoms with E-state index in [0.717, 1.165) is 37.9 Å². The SMILES string of the molecule is O=C(C1CCC(F)(F)CC1)N(CCCCCc1nc(C2CC2)no1)c1cccc(-c2nc3cc(F)ccc3o2)c1. The van der Waals surface area contributed by atoms with E-state index in [1.165, 1.54) is 18.2 Å². The number of carbonyl (C=O) groups is 1. The fourth-order valence-electron chi connectivity index (χ4n) is 5.30. The van der Waals surface area contributed by atoms with Crippen LogP contribution in [0.2, 0.25) is 0 Å². The standard InChI is InChI=1S/C30H31F3N4O3/c31-22-10-11-25-24(18-22)34-28(39-25)21-5-4-6-23(17-21)37(29(38)20-12-14-30(32,33)15-13-20)16-3-1-2-7-26-35-27(36-40-26)19-8-9-19/h4-6,10-11,17-20H,1-3,7-9,12-16H2. The van der Waals surface area contributed by atoms with Crippen molar-refractivity contribution < 1.29 is 26.9 Å². The second kappa shape index (κ2) is 11.1. The van der Waals surface area contributed by atoms with Gasteiger partial charge in [-0.2, -0.15) is 4.98 Å². The molecular weight excluding hydrogens is 521 g/mol. The third-order valence-electron chi connectivity index (χ3n) is 7.79. The van der Waals surface area contributed by atoms with Gasteiger partial charge in [-0.05, 0) is 68.9 Å². The first-order chi connectivity index (χ1) is 19.3. The minimum Gasteiger partial charge on any atom is -0.436 e. The molecule has 2 heterocycles. The lowest BCUT2D eigenvalue weighted by molar-refractivity contribution is -0.126. The van der Waals surface area contributed by atoms with Crippen LogP contribution in [0.15, 0.2) is 51.4 Å². The molecule has 2 fully saturated rings. The maximum absolute atomic E-state index is 13.8. The molecule has 0 radical (unpaired) electrons.